The third-order valence-corrected chi connectivity index (χ3v) is 10.1. The molecule has 4 bridgehead atoms. The Balaban J connectivity index is 1.44. The topological polar surface area (TPSA) is 87.7 Å². The highest BCUT2D eigenvalue weighted by molar-refractivity contribution is 6.38. The van der Waals surface area contributed by atoms with Gasteiger partial charge in [-0.1, -0.05) is 72.8 Å². The zero-order valence-corrected chi connectivity index (χ0v) is 23.9. The third kappa shape index (κ3) is 2.46. The zero-order chi connectivity index (χ0) is 30.1. The molecule has 0 aliphatic carbocycles. The number of nitrogens with zero attached hydrogens (tertiary/aromatic N) is 6. The number of benzene rings is 4. The Bertz CT molecular complexity index is 1810. The van der Waals surface area contributed by atoms with Crippen molar-refractivity contribution in [3.63, 3.8) is 0 Å². The normalized spacial score (nSPS) is 28.7. The number of hydrogen-bond acceptors (Lipinski definition) is 6. The van der Waals surface area contributed by atoms with Crippen LogP contribution in [-0.2, 0) is 9.59 Å². The van der Waals surface area contributed by atoms with Crippen LogP contribution in [0, 0.1) is 0 Å². The van der Waals surface area contributed by atoms with Crippen LogP contribution in [0.4, 0.5) is 32.3 Å². The Morgan fingerprint density at radius 3 is 1.20 bits per heavy atom. The second-order valence-corrected chi connectivity index (χ2v) is 11.8. The number of imide groups is 2. The summed E-state index contributed by atoms with van der Waals surface area (Å²) in [7, 11) is 3.59. The van der Waals surface area contributed by atoms with Gasteiger partial charge in [-0.05, 0) is 61.6 Å². The number of likely N-dealkylation sites (N-methyl/N-ethyl adjacent to an activating group) is 2. The minimum absolute atomic E-state index is 0.384. The molecule has 3 saturated heterocycles. The van der Waals surface area contributed by atoms with E-state index in [1.54, 1.807) is 62.6 Å². The fourth-order valence-electron chi connectivity index (χ4n) is 8.50. The highest BCUT2D eigenvalue weighted by Gasteiger charge is 2.87. The average Bonchev–Trinajstić information content (AvgIpc) is 3.43. The van der Waals surface area contributed by atoms with Crippen LogP contribution in [0.2, 0.25) is 0 Å². The summed E-state index contributed by atoms with van der Waals surface area (Å²) >= 11 is 0. The summed E-state index contributed by atoms with van der Waals surface area (Å²) in [6.45, 7) is 0. The molecule has 4 aromatic carbocycles. The monoisotopic (exact) mass is 582 g/mol. The largest absolute Gasteiger partial charge is 0.338 e. The van der Waals surface area contributed by atoms with Gasteiger partial charge in [-0.15, -0.1) is 0 Å². The Morgan fingerprint density at radius 2 is 0.818 bits per heavy atom. The second-order valence-electron chi connectivity index (χ2n) is 11.8. The van der Waals surface area contributed by atoms with Crippen LogP contribution < -0.4 is 19.6 Å². The minimum Gasteiger partial charge on any atom is -0.269 e. The molecule has 9 rings (SSSR count). The molecule has 4 aromatic rings. The summed E-state index contributed by atoms with van der Waals surface area (Å²) in [5.74, 6) is -1.19. The van der Waals surface area contributed by atoms with Crippen LogP contribution in [0.15, 0.2) is 109 Å². The molecular weight excluding hydrogens is 556 g/mol. The lowest BCUT2D eigenvalue weighted by molar-refractivity contribution is -0.179. The maximum Gasteiger partial charge on any atom is 0.338 e. The molecule has 5 heterocycles. The molecule has 5 aliphatic rings. The first kappa shape index (κ1) is 25.2. The number of hydrogen-bond donors (Lipinski definition) is 0. The van der Waals surface area contributed by atoms with Crippen LogP contribution in [-0.4, -0.2) is 59.1 Å². The highest BCUT2D eigenvalue weighted by atomic mass is 16.2. The standard InChI is InChI=1S/C34H26N6O4/c1-35-27-23-17-9-11-19-25(23)39-31(43)37(21-13-5-3-6-14-21)29(41)33(35,39)34-30(42)38(22-15-7-4-8-16-22)32(44)40(34)26-20-12-10-18-24(26)28(27)36(34)2/h3-20,27-28H,1-2H3/t27-,28-,33-,34-/m0/s1. The number of para-hydroxylation sites is 4. The van der Waals surface area contributed by atoms with E-state index in [0.717, 1.165) is 20.9 Å². The molecule has 0 saturated carbocycles. The lowest BCUT2D eigenvalue weighted by Gasteiger charge is -2.69. The molecule has 10 heteroatoms. The molecule has 0 aromatic heterocycles. The van der Waals surface area contributed by atoms with Crippen molar-refractivity contribution in [3.8, 4) is 0 Å². The summed E-state index contributed by atoms with van der Waals surface area (Å²) in [5, 5.41) is 0. The summed E-state index contributed by atoms with van der Waals surface area (Å²) in [5.41, 5.74) is -0.336. The van der Waals surface area contributed by atoms with Crippen molar-refractivity contribution in [1.82, 2.24) is 9.80 Å². The number of fused-ring (bicyclic) bond motifs is 9. The molecular formula is C34H26N6O4. The molecule has 6 amide bonds. The van der Waals surface area contributed by atoms with Gasteiger partial charge in [0.15, 0.2) is 0 Å². The van der Waals surface area contributed by atoms with E-state index >= 15 is 9.59 Å². The molecule has 3 fully saturated rings. The molecule has 10 nitrogen and oxygen atoms in total. The number of piperazine rings is 1. The predicted molar refractivity (Wildman–Crippen MR) is 163 cm³/mol. The summed E-state index contributed by atoms with van der Waals surface area (Å²) in [4.78, 5) is 69.2. The number of anilines is 4. The highest BCUT2D eigenvalue weighted by Crippen LogP contribution is 2.67. The zero-order valence-electron chi connectivity index (χ0n) is 23.9. The lowest BCUT2D eigenvalue weighted by Crippen LogP contribution is -2.90. The average molecular weight is 583 g/mol. The van der Waals surface area contributed by atoms with Crippen molar-refractivity contribution in [2.45, 2.75) is 23.4 Å². The van der Waals surface area contributed by atoms with Gasteiger partial charge < -0.3 is 0 Å². The Morgan fingerprint density at radius 1 is 0.477 bits per heavy atom. The number of carbonyl (C=O) groups is 4. The SMILES string of the molecule is CN1[C@H]2c3ccccc3N3C(=O)N(c4ccccc4)C(=O)[C@@]31[C@]13C(=O)N(c4ccccc4)C(=O)N1c1ccccc1[C@@H]2N3C. The molecule has 5 aliphatic heterocycles. The molecule has 0 unspecified atom stereocenters. The predicted octanol–water partition coefficient (Wildman–Crippen LogP) is 4.71. The fourth-order valence-corrected chi connectivity index (χ4v) is 8.50. The molecule has 0 N–H and O–H groups in total. The van der Waals surface area contributed by atoms with Gasteiger partial charge in [0.05, 0.1) is 34.8 Å². The van der Waals surface area contributed by atoms with Crippen molar-refractivity contribution >= 4 is 46.6 Å². The van der Waals surface area contributed by atoms with Gasteiger partial charge in [-0.2, -0.15) is 0 Å². The van der Waals surface area contributed by atoms with Gasteiger partial charge >= 0.3 is 12.1 Å². The van der Waals surface area contributed by atoms with Gasteiger partial charge in [0, 0.05) is 0 Å². The summed E-state index contributed by atoms with van der Waals surface area (Å²) in [6.07, 6.45) is 0. The van der Waals surface area contributed by atoms with Crippen molar-refractivity contribution in [1.29, 1.82) is 0 Å². The van der Waals surface area contributed by atoms with E-state index in [9.17, 15) is 9.59 Å². The van der Waals surface area contributed by atoms with E-state index in [1.165, 1.54) is 9.80 Å². The van der Waals surface area contributed by atoms with Crippen LogP contribution >= 0.6 is 0 Å². The van der Waals surface area contributed by atoms with Crippen molar-refractivity contribution in [3.05, 3.63) is 120 Å². The van der Waals surface area contributed by atoms with Gasteiger partial charge in [-0.25, -0.2) is 19.4 Å². The lowest BCUT2D eigenvalue weighted by atomic mass is 9.70. The van der Waals surface area contributed by atoms with Crippen LogP contribution in [0.3, 0.4) is 0 Å². The van der Waals surface area contributed by atoms with Crippen molar-refractivity contribution in [2.24, 2.45) is 0 Å². The first-order valence-corrected chi connectivity index (χ1v) is 14.5. The Kier molecular flexibility index (Phi) is 4.69. The Hall–Kier alpha value is -5.32. The van der Waals surface area contributed by atoms with Gasteiger partial charge in [0.25, 0.3) is 11.8 Å². The van der Waals surface area contributed by atoms with Gasteiger partial charge in [-0.3, -0.25) is 29.2 Å². The molecule has 216 valence electrons. The maximum atomic E-state index is 15.4. The first-order chi connectivity index (χ1) is 21.4. The smallest absolute Gasteiger partial charge is 0.269 e. The minimum atomic E-state index is -1.95. The number of carbonyl (C=O) groups excluding carboxylic acids is 4. The molecule has 2 spiro atoms. The van der Waals surface area contributed by atoms with Crippen LogP contribution in [0.25, 0.3) is 0 Å². The van der Waals surface area contributed by atoms with Crippen LogP contribution in [0.1, 0.15) is 23.2 Å². The molecule has 0 radical (unpaired) electrons. The molecule has 4 atom stereocenters. The molecule has 44 heavy (non-hydrogen) atoms. The summed E-state index contributed by atoms with van der Waals surface area (Å²) < 4.78 is 0. The number of urea groups is 2. The number of rotatable bonds is 2. The van der Waals surface area contributed by atoms with E-state index in [0.29, 0.717) is 22.7 Å². The van der Waals surface area contributed by atoms with Crippen molar-refractivity contribution < 1.29 is 19.2 Å². The fraction of sp³-hybridized carbons (Fsp3) is 0.176. The van der Waals surface area contributed by atoms with E-state index in [4.69, 9.17) is 0 Å². The number of amides is 6. The van der Waals surface area contributed by atoms with Gasteiger partial charge in [0.2, 0.25) is 11.3 Å². The van der Waals surface area contributed by atoms with E-state index in [1.807, 2.05) is 70.5 Å². The maximum absolute atomic E-state index is 15.4. The Labute approximate surface area is 252 Å². The first-order valence-electron chi connectivity index (χ1n) is 14.5. The second kappa shape index (κ2) is 8.19. The third-order valence-electron chi connectivity index (χ3n) is 10.1. The van der Waals surface area contributed by atoms with E-state index in [-0.39, 0.29) is 0 Å². The van der Waals surface area contributed by atoms with Crippen molar-refractivity contribution in [2.75, 3.05) is 33.7 Å². The van der Waals surface area contributed by atoms with E-state index < -0.39 is 47.3 Å². The van der Waals surface area contributed by atoms with E-state index in [2.05, 4.69) is 0 Å². The quantitative estimate of drug-likeness (QED) is 0.318. The summed E-state index contributed by atoms with van der Waals surface area (Å²) in [6, 6.07) is 30.6. The van der Waals surface area contributed by atoms with Gasteiger partial charge in [0.1, 0.15) is 0 Å². The van der Waals surface area contributed by atoms with Crippen LogP contribution in [0.5, 0.6) is 0 Å².